The maximum absolute atomic E-state index is 10.6. The molecule has 0 spiro atoms. The molecule has 0 unspecified atom stereocenters. The van der Waals surface area contributed by atoms with E-state index in [1.807, 2.05) is 6.92 Å². The van der Waals surface area contributed by atoms with Crippen LogP contribution in [0.25, 0.3) is 0 Å². The third-order valence-electron chi connectivity index (χ3n) is 3.12. The molecule has 1 saturated heterocycles. The van der Waals surface area contributed by atoms with Crippen LogP contribution in [0.2, 0.25) is 0 Å². The highest BCUT2D eigenvalue weighted by Gasteiger charge is 2.14. The first kappa shape index (κ1) is 11.9. The van der Waals surface area contributed by atoms with Crippen LogP contribution in [0, 0.1) is 17.0 Å². The van der Waals surface area contributed by atoms with Crippen LogP contribution in [0.15, 0.2) is 18.2 Å². The molecule has 0 bridgehead atoms. The predicted molar refractivity (Wildman–Crippen MR) is 67.3 cm³/mol. The molecule has 0 saturated carbocycles. The molecule has 0 aromatic heterocycles. The number of hydrogen-bond acceptors (Lipinski definition) is 4. The van der Waals surface area contributed by atoms with Gasteiger partial charge in [-0.15, -0.1) is 0 Å². The van der Waals surface area contributed by atoms with Crippen LogP contribution < -0.4 is 10.6 Å². The first-order valence-corrected chi connectivity index (χ1v) is 5.89. The Morgan fingerprint density at radius 3 is 2.71 bits per heavy atom. The summed E-state index contributed by atoms with van der Waals surface area (Å²) in [6, 6.07) is 5.44. The molecule has 2 rings (SSSR count). The molecule has 0 amide bonds. The summed E-state index contributed by atoms with van der Waals surface area (Å²) in [5.74, 6) is 0. The van der Waals surface area contributed by atoms with Gasteiger partial charge in [-0.3, -0.25) is 10.1 Å². The fourth-order valence-corrected chi connectivity index (χ4v) is 2.11. The smallest absolute Gasteiger partial charge is 0.269 e. The molecule has 0 aliphatic carbocycles. The molecule has 1 heterocycles. The monoisotopic (exact) mass is 235 g/mol. The van der Waals surface area contributed by atoms with E-state index >= 15 is 0 Å². The number of benzene rings is 1. The number of aryl methyl sites for hydroxylation is 1. The number of nitrogens with one attached hydrogen (secondary N) is 2. The van der Waals surface area contributed by atoms with Crippen molar-refractivity contribution in [3.8, 4) is 0 Å². The van der Waals surface area contributed by atoms with Crippen molar-refractivity contribution in [2.24, 2.45) is 0 Å². The van der Waals surface area contributed by atoms with Gasteiger partial charge in [-0.2, -0.15) is 0 Å². The maximum Gasteiger partial charge on any atom is 0.269 e. The zero-order valence-corrected chi connectivity index (χ0v) is 9.90. The summed E-state index contributed by atoms with van der Waals surface area (Å²) < 4.78 is 0. The molecule has 92 valence electrons. The Morgan fingerprint density at radius 2 is 2.12 bits per heavy atom. The van der Waals surface area contributed by atoms with Crippen LogP contribution in [0.5, 0.6) is 0 Å². The molecule has 0 atom stereocenters. The number of non-ortho nitro benzene ring substituents is 1. The van der Waals surface area contributed by atoms with Gasteiger partial charge in [0.1, 0.15) is 0 Å². The van der Waals surface area contributed by atoms with E-state index in [-0.39, 0.29) is 10.6 Å². The number of nitro groups is 1. The number of hydrogen-bond donors (Lipinski definition) is 2. The fraction of sp³-hybridized carbons (Fsp3) is 0.500. The van der Waals surface area contributed by atoms with Gasteiger partial charge in [-0.1, -0.05) is 0 Å². The van der Waals surface area contributed by atoms with Gasteiger partial charge in [-0.05, 0) is 44.5 Å². The Hall–Kier alpha value is -1.62. The van der Waals surface area contributed by atoms with E-state index in [0.717, 1.165) is 37.2 Å². The van der Waals surface area contributed by atoms with Crippen LogP contribution in [-0.2, 0) is 0 Å². The lowest BCUT2D eigenvalue weighted by Gasteiger charge is -2.25. The summed E-state index contributed by atoms with van der Waals surface area (Å²) in [5, 5.41) is 17.4. The van der Waals surface area contributed by atoms with E-state index in [2.05, 4.69) is 10.6 Å². The molecule has 5 nitrogen and oxygen atoms in total. The standard InChI is InChI=1S/C12H17N3O2/c1-9-8-11(15(16)17)2-3-12(9)14-10-4-6-13-7-5-10/h2-3,8,10,13-14H,4-7H2,1H3. The minimum atomic E-state index is -0.360. The maximum atomic E-state index is 10.6. The summed E-state index contributed by atoms with van der Waals surface area (Å²) in [7, 11) is 0. The van der Waals surface area contributed by atoms with Gasteiger partial charge < -0.3 is 10.6 Å². The van der Waals surface area contributed by atoms with Gasteiger partial charge in [0.05, 0.1) is 4.92 Å². The number of anilines is 1. The van der Waals surface area contributed by atoms with Crippen LogP contribution in [-0.4, -0.2) is 24.1 Å². The molecule has 5 heteroatoms. The average Bonchev–Trinajstić information content (AvgIpc) is 2.33. The highest BCUT2D eigenvalue weighted by Crippen LogP contribution is 2.23. The zero-order valence-electron chi connectivity index (χ0n) is 9.90. The van der Waals surface area contributed by atoms with E-state index < -0.39 is 0 Å². The van der Waals surface area contributed by atoms with E-state index in [9.17, 15) is 10.1 Å². The Kier molecular flexibility index (Phi) is 3.58. The summed E-state index contributed by atoms with van der Waals surface area (Å²) in [4.78, 5) is 10.3. The molecule has 1 aromatic rings. The third kappa shape index (κ3) is 2.94. The Bertz CT molecular complexity index is 414. The molecular formula is C12H17N3O2. The van der Waals surface area contributed by atoms with E-state index in [1.165, 1.54) is 0 Å². The van der Waals surface area contributed by atoms with Crippen LogP contribution >= 0.6 is 0 Å². The summed E-state index contributed by atoms with van der Waals surface area (Å²) in [6.45, 7) is 3.96. The van der Waals surface area contributed by atoms with Gasteiger partial charge in [-0.25, -0.2) is 0 Å². The summed E-state index contributed by atoms with van der Waals surface area (Å²) in [6.07, 6.45) is 2.19. The van der Waals surface area contributed by atoms with Crippen LogP contribution in [0.4, 0.5) is 11.4 Å². The fourth-order valence-electron chi connectivity index (χ4n) is 2.11. The number of rotatable bonds is 3. The zero-order chi connectivity index (χ0) is 12.3. The molecule has 1 aliphatic heterocycles. The van der Waals surface area contributed by atoms with Crippen molar-refractivity contribution in [3.05, 3.63) is 33.9 Å². The van der Waals surface area contributed by atoms with Crippen molar-refractivity contribution in [2.45, 2.75) is 25.8 Å². The summed E-state index contributed by atoms with van der Waals surface area (Å²) >= 11 is 0. The highest BCUT2D eigenvalue weighted by atomic mass is 16.6. The molecular weight excluding hydrogens is 218 g/mol. The predicted octanol–water partition coefficient (Wildman–Crippen LogP) is 2.07. The van der Waals surface area contributed by atoms with E-state index in [0.29, 0.717) is 6.04 Å². The van der Waals surface area contributed by atoms with Crippen molar-refractivity contribution in [1.82, 2.24) is 5.32 Å². The first-order valence-electron chi connectivity index (χ1n) is 5.89. The highest BCUT2D eigenvalue weighted by molar-refractivity contribution is 5.55. The molecule has 2 N–H and O–H groups in total. The van der Waals surface area contributed by atoms with E-state index in [4.69, 9.17) is 0 Å². The SMILES string of the molecule is Cc1cc([N+](=O)[O-])ccc1NC1CCNCC1. The summed E-state index contributed by atoms with van der Waals surface area (Å²) in [5.41, 5.74) is 2.08. The second-order valence-corrected chi connectivity index (χ2v) is 4.42. The lowest BCUT2D eigenvalue weighted by Crippen LogP contribution is -2.35. The first-order chi connectivity index (χ1) is 8.16. The molecule has 0 radical (unpaired) electrons. The molecule has 1 aromatic carbocycles. The van der Waals surface area contributed by atoms with Crippen LogP contribution in [0.1, 0.15) is 18.4 Å². The van der Waals surface area contributed by atoms with Crippen molar-refractivity contribution in [1.29, 1.82) is 0 Å². The minimum absolute atomic E-state index is 0.151. The van der Waals surface area contributed by atoms with Crippen molar-refractivity contribution in [2.75, 3.05) is 18.4 Å². The Balaban J connectivity index is 2.08. The van der Waals surface area contributed by atoms with Gasteiger partial charge >= 0.3 is 0 Å². The Morgan fingerprint density at radius 1 is 1.41 bits per heavy atom. The van der Waals surface area contributed by atoms with Gasteiger partial charge in [0.15, 0.2) is 0 Å². The van der Waals surface area contributed by atoms with Crippen LogP contribution in [0.3, 0.4) is 0 Å². The molecule has 17 heavy (non-hydrogen) atoms. The van der Waals surface area contributed by atoms with Gasteiger partial charge in [0.25, 0.3) is 5.69 Å². The Labute approximate surface area is 100 Å². The van der Waals surface area contributed by atoms with Gasteiger partial charge in [0, 0.05) is 23.9 Å². The normalized spacial score (nSPS) is 16.8. The van der Waals surface area contributed by atoms with Gasteiger partial charge in [0.2, 0.25) is 0 Å². The second-order valence-electron chi connectivity index (χ2n) is 4.42. The lowest BCUT2D eigenvalue weighted by molar-refractivity contribution is -0.384. The number of nitro benzene ring substituents is 1. The topological polar surface area (TPSA) is 67.2 Å². The van der Waals surface area contributed by atoms with Crippen molar-refractivity contribution >= 4 is 11.4 Å². The largest absolute Gasteiger partial charge is 0.382 e. The second kappa shape index (κ2) is 5.14. The lowest BCUT2D eigenvalue weighted by atomic mass is 10.1. The quantitative estimate of drug-likeness (QED) is 0.621. The average molecular weight is 235 g/mol. The van der Waals surface area contributed by atoms with Crippen molar-refractivity contribution < 1.29 is 4.92 Å². The third-order valence-corrected chi connectivity index (χ3v) is 3.12. The number of piperidine rings is 1. The van der Waals surface area contributed by atoms with E-state index in [1.54, 1.807) is 18.2 Å². The molecule has 1 aliphatic rings. The molecule has 1 fully saturated rings. The van der Waals surface area contributed by atoms with Crippen molar-refractivity contribution in [3.63, 3.8) is 0 Å². The minimum Gasteiger partial charge on any atom is -0.382 e. The number of nitrogens with zero attached hydrogens (tertiary/aromatic N) is 1.